The van der Waals surface area contributed by atoms with Gasteiger partial charge in [0.1, 0.15) is 102 Å². The number of esters is 6. The number of carboxylic acid groups (broad SMARTS) is 1. The third-order valence-electron chi connectivity index (χ3n) is 19.5. The molecule has 0 saturated carbocycles. The number of fused-ring (bicyclic) bond motifs is 4. The molecule has 0 unspecified atom stereocenters. The summed E-state index contributed by atoms with van der Waals surface area (Å²) in [5.41, 5.74) is 31.4. The van der Waals surface area contributed by atoms with Crippen molar-refractivity contribution in [3.05, 3.63) is 144 Å². The van der Waals surface area contributed by atoms with E-state index in [1.165, 1.54) is 59.5 Å². The molecule has 6 aromatic carbocycles. The Balaban J connectivity index is 0.000000156. The number of aromatic nitrogens is 6. The summed E-state index contributed by atoms with van der Waals surface area (Å²) < 4.78 is 68.4. The van der Waals surface area contributed by atoms with Gasteiger partial charge in [-0.15, -0.1) is 35.5 Å². The van der Waals surface area contributed by atoms with Crippen LogP contribution in [-0.2, 0) is 35.0 Å². The fourth-order valence-corrected chi connectivity index (χ4v) is 13.7. The van der Waals surface area contributed by atoms with Crippen LogP contribution in [0.25, 0.3) is 22.1 Å². The number of nitro benzene ring substituents is 2. The summed E-state index contributed by atoms with van der Waals surface area (Å²) in [6.07, 6.45) is 2.65. The molecule has 13 N–H and O–H groups in total. The predicted molar refractivity (Wildman–Crippen MR) is 436 cm³/mol. The van der Waals surface area contributed by atoms with Gasteiger partial charge in [0, 0.05) is 57.2 Å². The van der Waals surface area contributed by atoms with E-state index < -0.39 is 51.6 Å². The third-order valence-corrected chi connectivity index (χ3v) is 19.5. The number of nitrogens with one attached hydrogen (secondary N) is 4. The van der Waals surface area contributed by atoms with Gasteiger partial charge < -0.3 is 106 Å². The number of carbonyl (C=O) groups is 7. The van der Waals surface area contributed by atoms with Crippen molar-refractivity contribution in [1.29, 1.82) is 0 Å². The summed E-state index contributed by atoms with van der Waals surface area (Å²) in [5.74, 6) is 17.6. The fraction of sp³-hybridized carbons (Fsp3) is 0.333. The average Bonchev–Trinajstić information content (AvgIpc) is 1.58. The lowest BCUT2D eigenvalue weighted by Crippen LogP contribution is -2.32. The van der Waals surface area contributed by atoms with Crippen molar-refractivity contribution in [2.75, 3.05) is 127 Å². The fourth-order valence-electron chi connectivity index (χ4n) is 13.7. The smallest absolute Gasteiger partial charge is 0.354 e. The van der Waals surface area contributed by atoms with Crippen molar-refractivity contribution >= 4 is 121 Å². The molecule has 6 aliphatic heterocycles. The highest BCUT2D eigenvalue weighted by Crippen LogP contribution is 2.44. The normalized spacial score (nSPS) is 16.6. The van der Waals surface area contributed by atoms with Crippen molar-refractivity contribution in [3.8, 4) is 70.0 Å². The van der Waals surface area contributed by atoms with Crippen molar-refractivity contribution in [3.63, 3.8) is 0 Å². The quantitative estimate of drug-likeness (QED) is 0.0109. The Hall–Kier alpha value is -15.6. The van der Waals surface area contributed by atoms with E-state index in [4.69, 9.17) is 75.4 Å². The lowest BCUT2D eigenvalue weighted by Gasteiger charge is -2.28. The number of aromatic carboxylic acids is 1. The molecule has 0 saturated heterocycles. The second-order valence-electron chi connectivity index (χ2n) is 27.6. The summed E-state index contributed by atoms with van der Waals surface area (Å²) in [7, 11) is 7.63. The molecule has 0 fully saturated rings. The molecule has 0 spiro atoms. The van der Waals surface area contributed by atoms with Crippen LogP contribution < -0.4 is 72.6 Å². The molecule has 9 aromatic rings. The number of carbonyl (C=O) groups excluding carboxylic acids is 6. The summed E-state index contributed by atoms with van der Waals surface area (Å²) >= 11 is 0. The SMILES string of the molecule is CCn1nc(C)cc1C(=O)O.COC(=O)c1cc(N)c2c(c1)OC[C@H](CC#CC[C@H]1COc3cc(C(=O)OC)cc(N)c3N1)N2.COC(=O)c1cc2c(c([N+](=O)[O-])c1)N[C@@H](CC#CC[C@H]1COc3cc(C(=O)OC)cc([N+](=O)[O-])c3N1)CO2.COC(=O)c1cc2c3c(c1)nc(N)n3[C@@H](CC#CC[C@H]1COc3cc(C(=O)OC)cc4nc(N)n1c34)CO2. The molecule has 121 heavy (non-hydrogen) atoms. The number of hydrogen-bond acceptors (Lipinski definition) is 34. The zero-order valence-corrected chi connectivity index (χ0v) is 66.4. The largest absolute Gasteiger partial charge is 0.489 e. The monoisotopic (exact) mass is 1660 g/mol. The van der Waals surface area contributed by atoms with Crippen molar-refractivity contribution < 1.29 is 105 Å². The Kier molecular flexibility index (Phi) is 26.0. The molecular weight excluding hydrogens is 1580 g/mol. The van der Waals surface area contributed by atoms with Crippen LogP contribution in [0.15, 0.2) is 78.9 Å². The highest BCUT2D eigenvalue weighted by Gasteiger charge is 2.35. The minimum atomic E-state index is -0.924. The van der Waals surface area contributed by atoms with Crippen LogP contribution in [0.4, 0.5) is 57.4 Å². The van der Waals surface area contributed by atoms with Crippen LogP contribution in [0.2, 0.25) is 0 Å². The number of imidazole rings is 2. The summed E-state index contributed by atoms with van der Waals surface area (Å²) in [4.78, 5) is 112. The standard InChI is InChI=1S/C26H24N6O6.C24H22N4O10.C24H26N4O6.C7H10N2O2/c1-35-23(33)13-7-17-21-19(9-13)37-11-15(31(21)25(27)29-17)5-3-4-6-16-12-38-20-10-14(24(34)36-2)8-18-22(20)32(16)26(28)30-18;1-35-23(29)13-7-17(27(31)32)21-19(9-13)37-11-15(25-21)5-3-4-6-16-12-38-20-10-14(24(30)36-2)8-18(28(33)34)22(20)26-16;1-31-23(29)13-7-17(25)21-19(9-13)33-11-15(27-21)5-3-4-6-16-12-34-20-10-14(24(30)32-2)8-18(26)22(20)28-16;1-3-9-6(7(10)11)4-5(2)8-9/h7-10,15-16H,5-6,11-12H2,1-2H3,(H2,27,29)(H2,28,30);7-10,15-16,25-26H,5-6,11-12H2,1-2H3;7-10,15-16,27-28H,5-6,11-12,25-26H2,1-2H3;4H,3H2,1-2H3,(H,10,11)/t3*15-,16-;/m000./s1. The third kappa shape index (κ3) is 18.8. The molecule has 0 bridgehead atoms. The van der Waals surface area contributed by atoms with E-state index in [0.717, 1.165) is 28.9 Å². The number of anilines is 8. The van der Waals surface area contributed by atoms with E-state index in [1.807, 2.05) is 16.1 Å². The van der Waals surface area contributed by atoms with Gasteiger partial charge >= 0.3 is 41.8 Å². The predicted octanol–water partition coefficient (Wildman–Crippen LogP) is 8.54. The first kappa shape index (κ1) is 84.8. The van der Waals surface area contributed by atoms with Crippen molar-refractivity contribution in [1.82, 2.24) is 28.9 Å². The van der Waals surface area contributed by atoms with Gasteiger partial charge in [-0.2, -0.15) is 5.10 Å². The molecule has 6 atom stereocenters. The van der Waals surface area contributed by atoms with Gasteiger partial charge in [0.2, 0.25) is 11.9 Å². The number of nitrogens with two attached hydrogens (primary N) is 4. The maximum Gasteiger partial charge on any atom is 0.354 e. The van der Waals surface area contributed by atoms with Gasteiger partial charge in [0.15, 0.2) is 11.4 Å². The van der Waals surface area contributed by atoms with Crippen molar-refractivity contribution in [2.45, 2.75) is 95.2 Å². The molecule has 0 radical (unpaired) electrons. The number of rotatable bonds is 16. The van der Waals surface area contributed by atoms with Crippen LogP contribution in [0.1, 0.15) is 136 Å². The molecular formula is C81H82N16O24. The van der Waals surface area contributed by atoms with Gasteiger partial charge in [-0.05, 0) is 80.6 Å². The molecule has 6 aliphatic rings. The summed E-state index contributed by atoms with van der Waals surface area (Å²) in [6.45, 7) is 6.00. The van der Waals surface area contributed by atoms with Crippen molar-refractivity contribution in [2.24, 2.45) is 0 Å². The number of ether oxygens (including phenoxy) is 12. The second-order valence-corrected chi connectivity index (χ2v) is 27.6. The van der Waals surface area contributed by atoms with Gasteiger partial charge in [-0.1, -0.05) is 0 Å². The Bertz CT molecular complexity index is 5530. The highest BCUT2D eigenvalue weighted by atomic mass is 16.6. The van der Waals surface area contributed by atoms with Gasteiger partial charge in [-0.25, -0.2) is 43.5 Å². The number of hydrogen-bond donors (Lipinski definition) is 9. The van der Waals surface area contributed by atoms with E-state index >= 15 is 0 Å². The minimum absolute atomic E-state index is 0.00326. The highest BCUT2D eigenvalue weighted by molar-refractivity contribution is 6.00. The molecule has 9 heterocycles. The Morgan fingerprint density at radius 3 is 1.03 bits per heavy atom. The first-order valence-corrected chi connectivity index (χ1v) is 37.3. The van der Waals surface area contributed by atoms with Gasteiger partial charge in [-0.3, -0.25) is 34.0 Å². The van der Waals surface area contributed by atoms with E-state index in [0.29, 0.717) is 162 Å². The molecule has 0 amide bonds. The number of aryl methyl sites for hydroxylation is 2. The summed E-state index contributed by atoms with van der Waals surface area (Å²) in [6, 6.07) is 18.4. The van der Waals surface area contributed by atoms with Crippen LogP contribution in [0.3, 0.4) is 0 Å². The maximum absolute atomic E-state index is 12.0. The average molecular weight is 1660 g/mol. The lowest BCUT2D eigenvalue weighted by atomic mass is 10.1. The van der Waals surface area contributed by atoms with Gasteiger partial charge in [0.25, 0.3) is 11.4 Å². The van der Waals surface area contributed by atoms with Crippen LogP contribution in [-0.4, -0.2) is 192 Å². The first-order chi connectivity index (χ1) is 58.1. The number of methoxy groups -OCH3 is 6. The van der Waals surface area contributed by atoms with E-state index in [9.17, 15) is 53.8 Å². The maximum atomic E-state index is 12.0. The molecule has 630 valence electrons. The zero-order chi connectivity index (χ0) is 86.6. The zero-order valence-electron chi connectivity index (χ0n) is 66.4. The number of nitrogens with zero attached hydrogens (tertiary/aromatic N) is 8. The van der Waals surface area contributed by atoms with Crippen LogP contribution >= 0.6 is 0 Å². The second kappa shape index (κ2) is 37.1. The van der Waals surface area contributed by atoms with Gasteiger partial charge in [0.05, 0.1) is 150 Å². The van der Waals surface area contributed by atoms with Crippen LogP contribution in [0, 0.1) is 62.7 Å². The first-order valence-electron chi connectivity index (χ1n) is 37.3. The Labute approximate surface area is 688 Å². The van der Waals surface area contributed by atoms with E-state index in [1.54, 1.807) is 61.5 Å². The Morgan fingerprint density at radius 1 is 0.438 bits per heavy atom. The summed E-state index contributed by atoms with van der Waals surface area (Å²) in [5, 5.41) is 48.5. The molecule has 40 nitrogen and oxygen atoms in total. The number of nitrogen functional groups attached to an aromatic ring is 4. The lowest BCUT2D eigenvalue weighted by molar-refractivity contribution is -0.384. The van der Waals surface area contributed by atoms with Crippen LogP contribution in [0.5, 0.6) is 34.5 Å². The Morgan fingerprint density at radius 2 is 0.727 bits per heavy atom. The number of carboxylic acids is 1. The molecule has 0 aliphatic carbocycles. The molecule has 40 heteroatoms. The number of benzene rings is 6. The number of nitro groups is 2. The van der Waals surface area contributed by atoms with E-state index in [-0.39, 0.29) is 101 Å². The molecule has 3 aromatic heterocycles. The van der Waals surface area contributed by atoms with E-state index in [2.05, 4.69) is 81.3 Å². The topological polar surface area (TPSA) is 542 Å². The minimum Gasteiger partial charge on any atom is -0.489 e. The molecule has 15 rings (SSSR count).